The van der Waals surface area contributed by atoms with E-state index in [1.54, 1.807) is 0 Å². The molecule has 0 saturated carbocycles. The van der Waals surface area contributed by atoms with Gasteiger partial charge in [0, 0.05) is 23.1 Å². The van der Waals surface area contributed by atoms with Gasteiger partial charge in [-0.25, -0.2) is 0 Å². The van der Waals surface area contributed by atoms with Crippen LogP contribution < -0.4 is 4.74 Å². The Morgan fingerprint density at radius 3 is 2.17 bits per heavy atom. The Morgan fingerprint density at radius 1 is 0.971 bits per heavy atom. The van der Waals surface area contributed by atoms with E-state index < -0.39 is 0 Å². The largest absolute Gasteiger partial charge is 0.507 e. The van der Waals surface area contributed by atoms with Crippen LogP contribution in [0.4, 0.5) is 0 Å². The van der Waals surface area contributed by atoms with Gasteiger partial charge in [0.2, 0.25) is 0 Å². The first-order chi connectivity index (χ1) is 16.6. The predicted molar refractivity (Wildman–Crippen MR) is 152 cm³/mol. The lowest BCUT2D eigenvalue weighted by molar-refractivity contribution is 0.0671. The highest BCUT2D eigenvalue weighted by molar-refractivity contribution is 5.93. The number of allylic oxidation sites excluding steroid dienone is 1. The summed E-state index contributed by atoms with van der Waals surface area (Å²) in [6.45, 7) is 16.1. The summed E-state index contributed by atoms with van der Waals surface area (Å²) in [5.74, 6) is 4.04. The summed E-state index contributed by atoms with van der Waals surface area (Å²) in [4.78, 5) is 0. The molecule has 0 radical (unpaired) electrons. The van der Waals surface area contributed by atoms with E-state index in [-0.39, 0.29) is 5.60 Å². The fraction of sp³-hybridized carbons (Fsp3) is 0.697. The van der Waals surface area contributed by atoms with E-state index in [1.807, 2.05) is 13.0 Å². The molecule has 1 N–H and O–H groups in total. The maximum Gasteiger partial charge on any atom is 0.131 e. The van der Waals surface area contributed by atoms with Gasteiger partial charge in [0.05, 0.1) is 0 Å². The zero-order valence-electron chi connectivity index (χ0n) is 23.8. The molecule has 3 rings (SSSR count). The average molecular weight is 481 g/mol. The lowest BCUT2D eigenvalue weighted by Crippen LogP contribution is -2.36. The van der Waals surface area contributed by atoms with Crippen molar-refractivity contribution >= 4 is 12.2 Å². The van der Waals surface area contributed by atoms with E-state index in [0.29, 0.717) is 5.75 Å². The van der Waals surface area contributed by atoms with Crippen LogP contribution in [0.3, 0.4) is 0 Å². The number of fused-ring (bicyclic) bond motifs is 3. The van der Waals surface area contributed by atoms with Gasteiger partial charge in [-0.3, -0.25) is 0 Å². The molecule has 196 valence electrons. The number of ether oxygens (including phenoxy) is 1. The summed E-state index contributed by atoms with van der Waals surface area (Å²) in [6, 6.07) is 0. The molecule has 0 fully saturated rings. The van der Waals surface area contributed by atoms with Crippen molar-refractivity contribution < 1.29 is 9.84 Å². The van der Waals surface area contributed by atoms with E-state index >= 15 is 0 Å². The normalized spacial score (nSPS) is 20.7. The van der Waals surface area contributed by atoms with Gasteiger partial charge >= 0.3 is 0 Å². The Labute approximate surface area is 216 Å². The molecule has 0 amide bonds. The van der Waals surface area contributed by atoms with E-state index in [4.69, 9.17) is 4.74 Å². The fourth-order valence-electron chi connectivity index (χ4n) is 5.78. The minimum Gasteiger partial charge on any atom is -0.507 e. The smallest absolute Gasteiger partial charge is 0.131 e. The molecule has 0 aromatic heterocycles. The topological polar surface area (TPSA) is 29.5 Å². The van der Waals surface area contributed by atoms with Crippen LogP contribution in [0.25, 0.3) is 12.2 Å². The van der Waals surface area contributed by atoms with Crippen LogP contribution in [0.5, 0.6) is 11.5 Å². The lowest BCUT2D eigenvalue weighted by atomic mass is 9.82. The average Bonchev–Trinajstić information content (AvgIpc) is 2.76. The third kappa shape index (κ3) is 7.64. The maximum atomic E-state index is 10.4. The molecule has 2 heteroatoms. The predicted octanol–water partition coefficient (Wildman–Crippen LogP) is 10.0. The molecule has 0 saturated heterocycles. The van der Waals surface area contributed by atoms with E-state index in [2.05, 4.69) is 53.7 Å². The van der Waals surface area contributed by atoms with Gasteiger partial charge in [0.1, 0.15) is 17.1 Å². The SMILES string of the molecule is C/C(=C\CC1(C)CCc2c(C)c(O)c3c(c2O1)C=C3)CCCC(C)CCCC(C)CCCC(C)C. The number of phenolic OH excluding ortho intramolecular Hbond substituents is 1. The van der Waals surface area contributed by atoms with Gasteiger partial charge in [-0.15, -0.1) is 0 Å². The van der Waals surface area contributed by atoms with Crippen molar-refractivity contribution in [3.8, 4) is 11.5 Å². The van der Waals surface area contributed by atoms with Crippen molar-refractivity contribution in [1.29, 1.82) is 0 Å². The molecule has 2 aliphatic rings. The molecular formula is C33H52O2. The monoisotopic (exact) mass is 480 g/mol. The van der Waals surface area contributed by atoms with E-state index in [0.717, 1.165) is 59.5 Å². The molecular weight excluding hydrogens is 428 g/mol. The third-order valence-corrected chi connectivity index (χ3v) is 8.56. The molecule has 1 heterocycles. The number of rotatable bonds is 14. The summed E-state index contributed by atoms with van der Waals surface area (Å²) in [7, 11) is 0. The van der Waals surface area contributed by atoms with Crippen LogP contribution in [0.15, 0.2) is 11.6 Å². The van der Waals surface area contributed by atoms with Crippen molar-refractivity contribution in [3.63, 3.8) is 0 Å². The molecule has 1 aliphatic carbocycles. The van der Waals surface area contributed by atoms with E-state index in [1.165, 1.54) is 68.9 Å². The standard InChI is InChI=1S/C33H52O2/c1-23(2)11-8-12-24(3)13-9-14-25(4)15-10-16-26(5)19-21-33(7)22-20-28-27(6)31(34)29-17-18-30(29)32(28)35-33/h17-19,23-25,34H,8-16,20-22H2,1-7H3/b26-19+. The molecule has 3 atom stereocenters. The molecule has 35 heavy (non-hydrogen) atoms. The van der Waals surface area contributed by atoms with E-state index in [9.17, 15) is 5.11 Å². The summed E-state index contributed by atoms with van der Waals surface area (Å²) < 4.78 is 6.60. The minimum atomic E-state index is -0.159. The quantitative estimate of drug-likeness (QED) is 0.272. The van der Waals surface area contributed by atoms with Crippen LogP contribution in [0.1, 0.15) is 134 Å². The van der Waals surface area contributed by atoms with Crippen molar-refractivity contribution in [1.82, 2.24) is 0 Å². The Bertz CT molecular complexity index is 906. The molecule has 0 bridgehead atoms. The Kier molecular flexibility index (Phi) is 9.96. The highest BCUT2D eigenvalue weighted by Crippen LogP contribution is 2.49. The first-order valence-corrected chi connectivity index (χ1v) is 14.5. The van der Waals surface area contributed by atoms with Crippen molar-refractivity contribution in [2.75, 3.05) is 0 Å². The molecule has 1 aromatic rings. The van der Waals surface area contributed by atoms with Crippen LogP contribution in [-0.2, 0) is 6.42 Å². The summed E-state index contributed by atoms with van der Waals surface area (Å²) >= 11 is 0. The number of benzene rings is 1. The molecule has 3 unspecified atom stereocenters. The molecule has 0 spiro atoms. The van der Waals surface area contributed by atoms with Gasteiger partial charge in [0.15, 0.2) is 0 Å². The maximum absolute atomic E-state index is 10.4. The Morgan fingerprint density at radius 2 is 1.57 bits per heavy atom. The fourth-order valence-corrected chi connectivity index (χ4v) is 5.78. The second-order valence-corrected chi connectivity index (χ2v) is 12.6. The highest BCUT2D eigenvalue weighted by Gasteiger charge is 2.35. The first-order valence-electron chi connectivity index (χ1n) is 14.5. The van der Waals surface area contributed by atoms with Crippen molar-refractivity contribution in [3.05, 3.63) is 33.9 Å². The van der Waals surface area contributed by atoms with Crippen LogP contribution in [0, 0.1) is 24.7 Å². The van der Waals surface area contributed by atoms with Crippen LogP contribution >= 0.6 is 0 Å². The first kappa shape index (κ1) is 27.9. The van der Waals surface area contributed by atoms with Crippen LogP contribution in [-0.4, -0.2) is 10.7 Å². The lowest BCUT2D eigenvalue weighted by Gasteiger charge is -2.38. The second kappa shape index (κ2) is 12.5. The zero-order valence-corrected chi connectivity index (χ0v) is 23.8. The van der Waals surface area contributed by atoms with Gasteiger partial charge < -0.3 is 9.84 Å². The third-order valence-electron chi connectivity index (χ3n) is 8.56. The molecule has 2 nitrogen and oxygen atoms in total. The molecule has 1 aliphatic heterocycles. The number of aromatic hydroxyl groups is 1. The number of hydrogen-bond acceptors (Lipinski definition) is 2. The van der Waals surface area contributed by atoms with Gasteiger partial charge in [-0.1, -0.05) is 84.3 Å². The number of phenols is 1. The second-order valence-electron chi connectivity index (χ2n) is 12.6. The Balaban J connectivity index is 1.36. The summed E-state index contributed by atoms with van der Waals surface area (Å²) in [5, 5.41) is 10.4. The van der Waals surface area contributed by atoms with Crippen molar-refractivity contribution in [2.24, 2.45) is 17.8 Å². The van der Waals surface area contributed by atoms with Gasteiger partial charge in [0.25, 0.3) is 0 Å². The van der Waals surface area contributed by atoms with Gasteiger partial charge in [-0.05, 0) is 81.9 Å². The summed E-state index contributed by atoms with van der Waals surface area (Å²) in [5.41, 5.74) is 5.57. The molecule has 1 aromatic carbocycles. The summed E-state index contributed by atoms with van der Waals surface area (Å²) in [6.07, 6.45) is 21.7. The van der Waals surface area contributed by atoms with Gasteiger partial charge in [-0.2, -0.15) is 0 Å². The Hall–Kier alpha value is -1.70. The zero-order chi connectivity index (χ0) is 25.6. The minimum absolute atomic E-state index is 0.159. The highest BCUT2D eigenvalue weighted by atomic mass is 16.5. The number of hydrogen-bond donors (Lipinski definition) is 1. The van der Waals surface area contributed by atoms with Crippen LogP contribution in [0.2, 0.25) is 0 Å². The van der Waals surface area contributed by atoms with Crippen molar-refractivity contribution in [2.45, 2.75) is 131 Å².